The maximum absolute atomic E-state index is 13.3. The van der Waals surface area contributed by atoms with Gasteiger partial charge in [-0.3, -0.25) is 23.7 Å². The van der Waals surface area contributed by atoms with Crippen molar-refractivity contribution in [1.29, 1.82) is 0 Å². The molecule has 1 aromatic carbocycles. The molecule has 2 aromatic rings. The maximum Gasteiger partial charge on any atom is 0.311 e. The normalized spacial score (nSPS) is 21.1. The molecule has 0 N–H and O–H groups in total. The molecule has 1 aliphatic rings. The lowest BCUT2D eigenvalue weighted by Crippen LogP contribution is -2.26. The third kappa shape index (κ3) is 5.34. The van der Waals surface area contributed by atoms with E-state index in [0.717, 1.165) is 17.1 Å². The third-order valence-corrected chi connectivity index (χ3v) is 8.09. The van der Waals surface area contributed by atoms with E-state index in [9.17, 15) is 19.2 Å². The molecular weight excluding hydrogens is 502 g/mol. The number of aromatic nitrogens is 1. The van der Waals surface area contributed by atoms with Gasteiger partial charge in [0.05, 0.1) is 42.9 Å². The Balaban J connectivity index is 1.89. The number of nitrogens with zero attached hydrogens (tertiary/aromatic N) is 1. The Morgan fingerprint density at radius 2 is 1.67 bits per heavy atom. The molecule has 10 heteroatoms. The zero-order valence-corrected chi connectivity index (χ0v) is 22.9. The molecule has 0 spiro atoms. The Hall–Kier alpha value is -2.72. The van der Waals surface area contributed by atoms with Crippen molar-refractivity contribution in [3.8, 4) is 0 Å². The first-order chi connectivity index (χ1) is 16.9. The van der Waals surface area contributed by atoms with Gasteiger partial charge in [-0.1, -0.05) is 44.7 Å². The van der Waals surface area contributed by atoms with Crippen LogP contribution in [0, 0.1) is 17.3 Å². The fourth-order valence-electron chi connectivity index (χ4n) is 4.43. The van der Waals surface area contributed by atoms with Crippen molar-refractivity contribution in [2.75, 3.05) is 20.8 Å². The first-order valence-electron chi connectivity index (χ1n) is 11.6. The second-order valence-electron chi connectivity index (χ2n) is 9.68. The van der Waals surface area contributed by atoms with Crippen molar-refractivity contribution in [3.05, 3.63) is 36.0 Å². The minimum atomic E-state index is -1.01. The maximum atomic E-state index is 13.3. The van der Waals surface area contributed by atoms with Crippen LogP contribution in [0.3, 0.4) is 0 Å². The molecule has 1 fully saturated rings. The highest BCUT2D eigenvalue weighted by Gasteiger charge is 2.73. The molecule has 0 amide bonds. The number of thiocarbonyl (C=S) groups is 1. The predicted octanol–water partition coefficient (Wildman–Crippen LogP) is 4.68. The van der Waals surface area contributed by atoms with Crippen molar-refractivity contribution in [3.63, 3.8) is 0 Å². The average Bonchev–Trinajstić information content (AvgIpc) is 3.28. The second-order valence-corrected chi connectivity index (χ2v) is 11.6. The van der Waals surface area contributed by atoms with E-state index >= 15 is 0 Å². The molecule has 194 valence electrons. The van der Waals surface area contributed by atoms with E-state index in [4.69, 9.17) is 26.4 Å². The first-order valence-corrected chi connectivity index (χ1v) is 12.8. The molecule has 0 unspecified atom stereocenters. The zero-order valence-electron chi connectivity index (χ0n) is 21.3. The molecule has 0 radical (unpaired) electrons. The van der Waals surface area contributed by atoms with Crippen LogP contribution in [0.1, 0.15) is 55.7 Å². The van der Waals surface area contributed by atoms with Gasteiger partial charge in [0.25, 0.3) is 0 Å². The Morgan fingerprint density at radius 1 is 1.06 bits per heavy atom. The van der Waals surface area contributed by atoms with Crippen LogP contribution in [0.15, 0.2) is 30.5 Å². The summed E-state index contributed by atoms with van der Waals surface area (Å²) in [6.07, 6.45) is 1.93. The summed E-state index contributed by atoms with van der Waals surface area (Å²) in [7, 11) is 2.50. The van der Waals surface area contributed by atoms with Gasteiger partial charge in [-0.05, 0) is 37.7 Å². The van der Waals surface area contributed by atoms with Gasteiger partial charge in [0.2, 0.25) is 10.3 Å². The summed E-state index contributed by atoms with van der Waals surface area (Å²) in [6, 6.07) is 7.05. The van der Waals surface area contributed by atoms with Crippen molar-refractivity contribution >= 4 is 62.9 Å². The molecule has 0 aliphatic heterocycles. The van der Waals surface area contributed by atoms with Crippen LogP contribution >= 0.6 is 24.0 Å². The Bertz CT molecular complexity index is 1190. The molecule has 36 heavy (non-hydrogen) atoms. The molecular formula is C26H31NO7S2. The predicted molar refractivity (Wildman–Crippen MR) is 141 cm³/mol. The van der Waals surface area contributed by atoms with Gasteiger partial charge in [0.15, 0.2) is 5.78 Å². The molecule has 1 aliphatic carbocycles. The minimum Gasteiger partial charge on any atom is -0.479 e. The summed E-state index contributed by atoms with van der Waals surface area (Å²) in [5.41, 5.74) is 0.488. The van der Waals surface area contributed by atoms with Crippen LogP contribution < -0.4 is 0 Å². The number of fused-ring (bicyclic) bond motifs is 1. The number of carbonyl (C=O) groups excluding carboxylic acids is 4. The lowest BCUT2D eigenvalue weighted by Gasteiger charge is -2.18. The molecule has 0 bridgehead atoms. The monoisotopic (exact) mass is 533 g/mol. The van der Waals surface area contributed by atoms with Crippen molar-refractivity contribution in [2.45, 2.75) is 45.3 Å². The van der Waals surface area contributed by atoms with Crippen LogP contribution in [0.4, 0.5) is 0 Å². The Morgan fingerprint density at radius 3 is 2.19 bits per heavy atom. The quantitative estimate of drug-likeness (QED) is 0.272. The summed E-state index contributed by atoms with van der Waals surface area (Å²) >= 11 is 6.39. The molecule has 8 nitrogen and oxygen atoms in total. The number of Topliss-reactive ketones (excluding diaryl/α,β-unsaturated/α-hetero) is 1. The van der Waals surface area contributed by atoms with E-state index in [1.165, 1.54) is 14.2 Å². The number of ketones is 1. The molecule has 2 atom stereocenters. The van der Waals surface area contributed by atoms with E-state index < -0.39 is 33.9 Å². The number of rotatable bonds is 8. The largest absolute Gasteiger partial charge is 0.479 e. The Labute approximate surface area is 220 Å². The summed E-state index contributed by atoms with van der Waals surface area (Å²) in [5, 5.41) is 0.844. The summed E-state index contributed by atoms with van der Waals surface area (Å²) in [5.74, 6) is -3.02. The van der Waals surface area contributed by atoms with Crippen molar-refractivity contribution in [2.24, 2.45) is 17.3 Å². The zero-order chi connectivity index (χ0) is 26.8. The lowest BCUT2D eigenvalue weighted by atomic mass is 9.95. The van der Waals surface area contributed by atoms with Gasteiger partial charge >= 0.3 is 11.9 Å². The number of hydrogen-bond acceptors (Lipinski definition) is 9. The highest BCUT2D eigenvalue weighted by molar-refractivity contribution is 8.23. The second kappa shape index (κ2) is 10.7. The first kappa shape index (κ1) is 27.9. The van der Waals surface area contributed by atoms with Gasteiger partial charge < -0.3 is 14.2 Å². The molecule has 1 saturated carbocycles. The standard InChI is InChI=1S/C26H31NO7S2/c1-7-34-24(35)36-26(19(21(29)32-5)20(26)22(30)33-6)12-10-18(28)16-9-8-15-11-13-27(17(15)14-16)23(31)25(2,3)4/h8-9,11,13-14,19-20H,7,10,12H2,1-6H3/t19-,20-/m1/s1. The van der Waals surface area contributed by atoms with Gasteiger partial charge in [0, 0.05) is 29.0 Å². The summed E-state index contributed by atoms with van der Waals surface area (Å²) in [4.78, 5) is 51.2. The van der Waals surface area contributed by atoms with Crippen molar-refractivity contribution < 1.29 is 33.4 Å². The van der Waals surface area contributed by atoms with Gasteiger partial charge in [-0.15, -0.1) is 0 Å². The minimum absolute atomic E-state index is 0.0438. The van der Waals surface area contributed by atoms with E-state index in [-0.39, 0.29) is 28.9 Å². The summed E-state index contributed by atoms with van der Waals surface area (Å²) in [6.45, 7) is 7.63. The number of ether oxygens (including phenoxy) is 3. The number of methoxy groups -OCH3 is 2. The topological polar surface area (TPSA) is 101 Å². The fourth-order valence-corrected chi connectivity index (χ4v) is 6.35. The van der Waals surface area contributed by atoms with E-state index in [1.807, 2.05) is 26.8 Å². The molecule has 0 saturated heterocycles. The van der Waals surface area contributed by atoms with Crippen LogP contribution in [0.5, 0.6) is 0 Å². The molecule has 3 rings (SSSR count). The molecule has 1 heterocycles. The van der Waals surface area contributed by atoms with Crippen LogP contribution in [0.2, 0.25) is 0 Å². The van der Waals surface area contributed by atoms with Crippen LogP contribution in [-0.2, 0) is 23.8 Å². The number of carbonyl (C=O) groups is 4. The van der Waals surface area contributed by atoms with Gasteiger partial charge in [-0.25, -0.2) is 0 Å². The number of thioether (sulfide) groups is 1. The smallest absolute Gasteiger partial charge is 0.311 e. The number of hydrogen-bond donors (Lipinski definition) is 0. The number of benzene rings is 1. The van der Waals surface area contributed by atoms with Crippen LogP contribution in [-0.4, -0.2) is 58.2 Å². The summed E-state index contributed by atoms with van der Waals surface area (Å²) < 4.78 is 16.0. The highest BCUT2D eigenvalue weighted by Crippen LogP contribution is 2.64. The Kier molecular flexibility index (Phi) is 8.30. The van der Waals surface area contributed by atoms with Gasteiger partial charge in [0.1, 0.15) is 0 Å². The van der Waals surface area contributed by atoms with Gasteiger partial charge in [-0.2, -0.15) is 0 Å². The number of esters is 2. The van der Waals surface area contributed by atoms with Crippen LogP contribution in [0.25, 0.3) is 10.9 Å². The average molecular weight is 534 g/mol. The fraction of sp³-hybridized carbons (Fsp3) is 0.500. The van der Waals surface area contributed by atoms with E-state index in [0.29, 0.717) is 17.7 Å². The SMILES string of the molecule is CCOC(=S)SC1(CCC(=O)c2ccc3ccn(C(=O)C(C)(C)C)c3c2)[C@@H](C(=O)OC)[C@@H]1C(=O)OC. The van der Waals surface area contributed by atoms with E-state index in [1.54, 1.807) is 35.9 Å². The van der Waals surface area contributed by atoms with E-state index in [2.05, 4.69) is 0 Å². The molecule has 1 aromatic heterocycles. The highest BCUT2D eigenvalue weighted by atomic mass is 32.2. The third-order valence-electron chi connectivity index (χ3n) is 6.34. The lowest BCUT2D eigenvalue weighted by molar-refractivity contribution is -0.148. The van der Waals surface area contributed by atoms with Crippen molar-refractivity contribution in [1.82, 2.24) is 4.57 Å².